The molecule has 20 heavy (non-hydrogen) atoms. The fourth-order valence-corrected chi connectivity index (χ4v) is 2.57. The molecule has 0 aliphatic carbocycles. The Kier molecular flexibility index (Phi) is 5.15. The van der Waals surface area contributed by atoms with Gasteiger partial charge in [-0.15, -0.1) is 0 Å². The van der Waals surface area contributed by atoms with Crippen LogP contribution in [0.15, 0.2) is 24.3 Å². The molecule has 0 radical (unpaired) electrons. The fraction of sp³-hybridized carbons (Fsp3) is 0.562. The number of nitrogens with one attached hydrogen (secondary N) is 1. The van der Waals surface area contributed by atoms with E-state index >= 15 is 0 Å². The van der Waals surface area contributed by atoms with Crippen molar-refractivity contribution in [2.24, 2.45) is 11.7 Å². The van der Waals surface area contributed by atoms with Crippen LogP contribution >= 0.6 is 0 Å². The minimum Gasteiger partial charge on any atom is -0.373 e. The molecule has 1 fully saturated rings. The molecule has 1 amide bonds. The van der Waals surface area contributed by atoms with E-state index < -0.39 is 6.04 Å². The molecule has 110 valence electrons. The van der Waals surface area contributed by atoms with Gasteiger partial charge in [0.1, 0.15) is 0 Å². The lowest BCUT2D eigenvalue weighted by Crippen LogP contribution is -2.42. The van der Waals surface area contributed by atoms with Gasteiger partial charge in [0, 0.05) is 19.1 Å². The van der Waals surface area contributed by atoms with Crippen LogP contribution in [0.5, 0.6) is 0 Å². The predicted molar refractivity (Wildman–Crippen MR) is 79.3 cm³/mol. The van der Waals surface area contributed by atoms with E-state index in [-0.39, 0.29) is 12.0 Å². The lowest BCUT2D eigenvalue weighted by molar-refractivity contribution is -0.122. The minimum atomic E-state index is -0.461. The van der Waals surface area contributed by atoms with Crippen LogP contribution in [0, 0.1) is 12.8 Å². The Hall–Kier alpha value is -1.39. The quantitative estimate of drug-likeness (QED) is 0.883. The molecule has 0 saturated carbocycles. The number of hydrogen-bond acceptors (Lipinski definition) is 3. The summed E-state index contributed by atoms with van der Waals surface area (Å²) in [5, 5.41) is 2.92. The molecule has 4 heteroatoms. The Labute approximate surface area is 120 Å². The van der Waals surface area contributed by atoms with E-state index in [1.165, 1.54) is 11.1 Å². The summed E-state index contributed by atoms with van der Waals surface area (Å²) in [4.78, 5) is 11.6. The van der Waals surface area contributed by atoms with Crippen LogP contribution in [0.3, 0.4) is 0 Å². The first-order valence-corrected chi connectivity index (χ1v) is 7.29. The average molecular weight is 276 g/mol. The largest absolute Gasteiger partial charge is 0.373 e. The maximum absolute atomic E-state index is 11.6. The number of carbonyl (C=O) groups excluding carboxylic acids is 1. The number of benzene rings is 1. The molecule has 2 rings (SSSR count). The van der Waals surface area contributed by atoms with Crippen molar-refractivity contribution in [1.29, 1.82) is 0 Å². The maximum Gasteiger partial charge on any atom is 0.236 e. The van der Waals surface area contributed by atoms with Crippen molar-refractivity contribution >= 4 is 5.91 Å². The van der Waals surface area contributed by atoms with Crippen molar-refractivity contribution in [2.75, 3.05) is 13.2 Å². The van der Waals surface area contributed by atoms with Gasteiger partial charge >= 0.3 is 0 Å². The van der Waals surface area contributed by atoms with E-state index in [0.717, 1.165) is 19.4 Å². The highest BCUT2D eigenvalue weighted by Gasteiger charge is 2.27. The van der Waals surface area contributed by atoms with Crippen LogP contribution in [0.4, 0.5) is 0 Å². The summed E-state index contributed by atoms with van der Waals surface area (Å²) >= 11 is 0. The summed E-state index contributed by atoms with van der Waals surface area (Å²) < 4.78 is 5.93. The Morgan fingerprint density at radius 3 is 2.80 bits per heavy atom. The third-order valence-corrected chi connectivity index (χ3v) is 3.80. The molecule has 1 aromatic rings. The van der Waals surface area contributed by atoms with Gasteiger partial charge in [-0.2, -0.15) is 0 Å². The monoisotopic (exact) mass is 276 g/mol. The topological polar surface area (TPSA) is 64.3 Å². The van der Waals surface area contributed by atoms with Gasteiger partial charge in [0.05, 0.1) is 12.1 Å². The van der Waals surface area contributed by atoms with Crippen LogP contribution in [0.2, 0.25) is 0 Å². The minimum absolute atomic E-state index is 0.0673. The van der Waals surface area contributed by atoms with Gasteiger partial charge in [-0.1, -0.05) is 29.8 Å². The van der Waals surface area contributed by atoms with E-state index in [1.54, 1.807) is 6.92 Å². The molecule has 0 aromatic heterocycles. The second-order valence-electron chi connectivity index (χ2n) is 5.64. The molecule has 1 aliphatic rings. The summed E-state index contributed by atoms with van der Waals surface area (Å²) in [5.41, 5.74) is 8.00. The Morgan fingerprint density at radius 2 is 2.15 bits per heavy atom. The third-order valence-electron chi connectivity index (χ3n) is 3.80. The van der Waals surface area contributed by atoms with Crippen molar-refractivity contribution in [2.45, 2.75) is 38.8 Å². The molecule has 1 aromatic carbocycles. The van der Waals surface area contributed by atoms with E-state index in [9.17, 15) is 4.79 Å². The highest BCUT2D eigenvalue weighted by atomic mass is 16.5. The number of nitrogens with two attached hydrogens (primary N) is 1. The zero-order valence-electron chi connectivity index (χ0n) is 12.3. The molecule has 0 spiro atoms. The van der Waals surface area contributed by atoms with E-state index in [1.807, 2.05) is 0 Å². The summed E-state index contributed by atoms with van der Waals surface area (Å²) in [5.74, 6) is 0.215. The SMILES string of the molecule is Cc1ccc(C2OCCCC2CNC(=O)[C@@H](C)N)cc1. The molecule has 1 heterocycles. The molecule has 2 unspecified atom stereocenters. The van der Waals surface area contributed by atoms with E-state index in [0.29, 0.717) is 12.5 Å². The number of hydrogen-bond donors (Lipinski definition) is 2. The summed E-state index contributed by atoms with van der Waals surface area (Å²) in [6, 6.07) is 7.98. The van der Waals surface area contributed by atoms with Gasteiger partial charge in [-0.25, -0.2) is 0 Å². The molecule has 1 saturated heterocycles. The molecule has 4 nitrogen and oxygen atoms in total. The van der Waals surface area contributed by atoms with Crippen molar-refractivity contribution in [3.05, 3.63) is 35.4 Å². The van der Waals surface area contributed by atoms with Gasteiger partial charge < -0.3 is 15.8 Å². The third kappa shape index (κ3) is 3.81. The van der Waals surface area contributed by atoms with E-state index in [2.05, 4.69) is 36.5 Å². The van der Waals surface area contributed by atoms with Crippen LogP contribution in [0.1, 0.15) is 37.0 Å². The van der Waals surface area contributed by atoms with E-state index in [4.69, 9.17) is 10.5 Å². The standard InChI is InChI=1S/C16H24N2O2/c1-11-5-7-13(8-6-11)15-14(4-3-9-20-15)10-18-16(19)12(2)17/h5-8,12,14-15H,3-4,9-10,17H2,1-2H3,(H,18,19)/t12-,14?,15?/m1/s1. The smallest absolute Gasteiger partial charge is 0.236 e. The predicted octanol–water partition coefficient (Wildman–Crippen LogP) is 1.93. The summed E-state index contributed by atoms with van der Waals surface area (Å²) in [7, 11) is 0. The van der Waals surface area contributed by atoms with Gasteiger partial charge in [0.2, 0.25) is 5.91 Å². The Morgan fingerprint density at radius 1 is 1.45 bits per heavy atom. The lowest BCUT2D eigenvalue weighted by atomic mass is 9.89. The Bertz CT molecular complexity index is 442. The molecular weight excluding hydrogens is 252 g/mol. The molecule has 3 atom stereocenters. The molecule has 3 N–H and O–H groups in total. The zero-order valence-corrected chi connectivity index (χ0v) is 12.3. The van der Waals surface area contributed by atoms with Crippen LogP contribution in [-0.2, 0) is 9.53 Å². The number of ether oxygens (including phenoxy) is 1. The molecule has 0 bridgehead atoms. The summed E-state index contributed by atoms with van der Waals surface area (Å²) in [6.07, 6.45) is 2.18. The molecule has 1 aliphatic heterocycles. The highest BCUT2D eigenvalue weighted by Crippen LogP contribution is 2.33. The van der Waals surface area contributed by atoms with Gasteiger partial charge in [-0.3, -0.25) is 4.79 Å². The van der Waals surface area contributed by atoms with Crippen molar-refractivity contribution in [3.8, 4) is 0 Å². The number of aryl methyl sites for hydroxylation is 1. The van der Waals surface area contributed by atoms with Gasteiger partial charge in [0.15, 0.2) is 0 Å². The first-order chi connectivity index (χ1) is 9.58. The van der Waals surface area contributed by atoms with Gasteiger partial charge in [-0.05, 0) is 32.3 Å². The van der Waals surface area contributed by atoms with Crippen molar-refractivity contribution in [1.82, 2.24) is 5.32 Å². The number of amides is 1. The first kappa shape index (κ1) is 15.0. The van der Waals surface area contributed by atoms with Crippen molar-refractivity contribution in [3.63, 3.8) is 0 Å². The summed E-state index contributed by atoms with van der Waals surface area (Å²) in [6.45, 7) is 5.19. The second-order valence-corrected chi connectivity index (χ2v) is 5.64. The van der Waals surface area contributed by atoms with Crippen LogP contribution in [0.25, 0.3) is 0 Å². The number of carbonyl (C=O) groups is 1. The first-order valence-electron chi connectivity index (χ1n) is 7.29. The van der Waals surface area contributed by atoms with Crippen molar-refractivity contribution < 1.29 is 9.53 Å². The normalized spacial score (nSPS) is 24.1. The maximum atomic E-state index is 11.6. The van der Waals surface area contributed by atoms with Crippen LogP contribution < -0.4 is 11.1 Å². The highest BCUT2D eigenvalue weighted by molar-refractivity contribution is 5.80. The van der Waals surface area contributed by atoms with Gasteiger partial charge in [0.25, 0.3) is 0 Å². The molecular formula is C16H24N2O2. The number of rotatable bonds is 4. The lowest BCUT2D eigenvalue weighted by Gasteiger charge is -2.32. The average Bonchev–Trinajstić information content (AvgIpc) is 2.46. The Balaban J connectivity index is 2.01. The zero-order chi connectivity index (χ0) is 14.5. The fourth-order valence-electron chi connectivity index (χ4n) is 2.57. The van der Waals surface area contributed by atoms with Crippen LogP contribution in [-0.4, -0.2) is 25.1 Å². The second kappa shape index (κ2) is 6.86.